The minimum Gasteiger partial charge on any atom is -0.489 e. The van der Waals surface area contributed by atoms with Crippen molar-refractivity contribution in [3.63, 3.8) is 0 Å². The van der Waals surface area contributed by atoms with Gasteiger partial charge in [0, 0.05) is 35.3 Å². The molecule has 1 amide bonds. The Kier molecular flexibility index (Phi) is 7.40. The van der Waals surface area contributed by atoms with Gasteiger partial charge in [-0.15, -0.1) is 0 Å². The molecular formula is C26H27ClF3N3O2. The van der Waals surface area contributed by atoms with Crippen molar-refractivity contribution in [1.29, 1.82) is 0 Å². The Morgan fingerprint density at radius 1 is 1.14 bits per heavy atom. The number of carbonyl (C=O) groups excluding carboxylic acids is 1. The van der Waals surface area contributed by atoms with Gasteiger partial charge in [-0.2, -0.15) is 18.3 Å². The van der Waals surface area contributed by atoms with Crippen LogP contribution in [0.5, 0.6) is 5.75 Å². The summed E-state index contributed by atoms with van der Waals surface area (Å²) in [6.45, 7) is 4.87. The van der Waals surface area contributed by atoms with Crippen molar-refractivity contribution in [1.82, 2.24) is 15.1 Å². The molecule has 9 heteroatoms. The molecule has 1 heterocycles. The molecule has 5 nitrogen and oxygen atoms in total. The number of benzene rings is 2. The number of halogens is 4. The first-order chi connectivity index (χ1) is 16.6. The third-order valence-corrected chi connectivity index (χ3v) is 6.56. The van der Waals surface area contributed by atoms with Crippen LogP contribution in [0.3, 0.4) is 0 Å². The zero-order valence-corrected chi connectivity index (χ0v) is 20.3. The van der Waals surface area contributed by atoms with E-state index >= 15 is 0 Å². The monoisotopic (exact) mass is 505 g/mol. The molecule has 3 aromatic rings. The summed E-state index contributed by atoms with van der Waals surface area (Å²) in [6.07, 6.45) is -2.19. The molecule has 2 aromatic carbocycles. The van der Waals surface area contributed by atoms with E-state index < -0.39 is 11.9 Å². The van der Waals surface area contributed by atoms with Crippen LogP contribution in [0.25, 0.3) is 0 Å². The number of nitrogens with zero attached hydrogens (tertiary/aromatic N) is 2. The normalized spacial score (nSPS) is 13.7. The van der Waals surface area contributed by atoms with E-state index in [-0.39, 0.29) is 11.8 Å². The molecule has 0 radical (unpaired) electrons. The van der Waals surface area contributed by atoms with Crippen LogP contribution in [0, 0.1) is 13.8 Å². The fourth-order valence-corrected chi connectivity index (χ4v) is 4.01. The molecule has 0 spiro atoms. The molecule has 186 valence electrons. The molecule has 0 aliphatic heterocycles. The van der Waals surface area contributed by atoms with Crippen LogP contribution in [-0.4, -0.2) is 22.2 Å². The Balaban J connectivity index is 1.25. The van der Waals surface area contributed by atoms with Crippen LogP contribution in [0.1, 0.15) is 63.6 Å². The van der Waals surface area contributed by atoms with Gasteiger partial charge in [0.2, 0.25) is 0 Å². The Morgan fingerprint density at radius 2 is 1.80 bits per heavy atom. The molecule has 4 rings (SSSR count). The van der Waals surface area contributed by atoms with Crippen LogP contribution in [0.4, 0.5) is 13.2 Å². The number of amides is 1. The molecule has 0 atom stereocenters. The highest BCUT2D eigenvalue weighted by Crippen LogP contribution is 2.42. The topological polar surface area (TPSA) is 56.1 Å². The van der Waals surface area contributed by atoms with Gasteiger partial charge >= 0.3 is 6.18 Å². The van der Waals surface area contributed by atoms with Gasteiger partial charge < -0.3 is 10.1 Å². The van der Waals surface area contributed by atoms with Gasteiger partial charge in [-0.05, 0) is 80.1 Å². The maximum atomic E-state index is 13.0. The van der Waals surface area contributed by atoms with E-state index in [9.17, 15) is 18.0 Å². The van der Waals surface area contributed by atoms with Gasteiger partial charge in [-0.1, -0.05) is 23.7 Å². The summed E-state index contributed by atoms with van der Waals surface area (Å²) >= 11 is 6.19. The summed E-state index contributed by atoms with van der Waals surface area (Å²) in [4.78, 5) is 12.4. The third kappa shape index (κ3) is 6.36. The van der Waals surface area contributed by atoms with Crippen molar-refractivity contribution in [2.24, 2.45) is 0 Å². The average Bonchev–Trinajstić information content (AvgIpc) is 3.57. The predicted octanol–water partition coefficient (Wildman–Crippen LogP) is 6.45. The molecule has 0 unspecified atom stereocenters. The first-order valence-electron chi connectivity index (χ1n) is 11.5. The number of carbonyl (C=O) groups is 1. The fraction of sp³-hybridized carbons (Fsp3) is 0.385. The summed E-state index contributed by atoms with van der Waals surface area (Å²) in [5, 5.41) is 7.29. The number of hydrogen-bond acceptors (Lipinski definition) is 3. The molecule has 1 saturated carbocycles. The standard InChI is InChI=1S/C26H27ClF3N3O2/c1-16-12-21(13-17(2)24(16)27)35-15-18-4-6-20(7-5-18)25(34)31-10-3-11-33-22(19-8-9-19)14-23(32-33)26(28,29)30/h4-7,12-14,19H,3,8-11,15H2,1-2H3,(H,31,34). The van der Waals surface area contributed by atoms with Gasteiger partial charge in [-0.25, -0.2) is 0 Å². The third-order valence-electron chi connectivity index (χ3n) is 5.96. The van der Waals surface area contributed by atoms with Gasteiger partial charge in [-0.3, -0.25) is 9.48 Å². The largest absolute Gasteiger partial charge is 0.489 e. The molecule has 1 aliphatic rings. The van der Waals surface area contributed by atoms with E-state index in [0.717, 1.165) is 46.4 Å². The van der Waals surface area contributed by atoms with Gasteiger partial charge in [0.05, 0.1) is 0 Å². The first kappa shape index (κ1) is 25.1. The zero-order valence-electron chi connectivity index (χ0n) is 19.6. The maximum absolute atomic E-state index is 13.0. The van der Waals surface area contributed by atoms with E-state index in [1.165, 1.54) is 4.68 Å². The molecule has 1 fully saturated rings. The van der Waals surface area contributed by atoms with Crippen LogP contribution in [0.2, 0.25) is 5.02 Å². The van der Waals surface area contributed by atoms with E-state index in [1.807, 2.05) is 38.1 Å². The van der Waals surface area contributed by atoms with E-state index in [2.05, 4.69) is 10.4 Å². The Bertz CT molecular complexity index is 1180. The number of nitrogens with one attached hydrogen (secondary N) is 1. The lowest BCUT2D eigenvalue weighted by molar-refractivity contribution is -0.141. The van der Waals surface area contributed by atoms with Crippen LogP contribution < -0.4 is 10.1 Å². The van der Waals surface area contributed by atoms with Gasteiger partial charge in [0.15, 0.2) is 5.69 Å². The van der Waals surface area contributed by atoms with Crippen LogP contribution in [-0.2, 0) is 19.3 Å². The predicted molar refractivity (Wildman–Crippen MR) is 128 cm³/mol. The Labute approximate surface area is 207 Å². The molecule has 1 aromatic heterocycles. The minimum atomic E-state index is -4.45. The number of aryl methyl sites for hydroxylation is 3. The second-order valence-electron chi connectivity index (χ2n) is 8.92. The van der Waals surface area contributed by atoms with E-state index in [4.69, 9.17) is 16.3 Å². The summed E-state index contributed by atoms with van der Waals surface area (Å²) in [5.74, 6) is 0.652. The number of aromatic nitrogens is 2. The second kappa shape index (κ2) is 10.3. The van der Waals surface area contributed by atoms with E-state index in [1.54, 1.807) is 12.1 Å². The molecule has 0 bridgehead atoms. The lowest BCUT2D eigenvalue weighted by Crippen LogP contribution is -2.25. The smallest absolute Gasteiger partial charge is 0.435 e. The van der Waals surface area contributed by atoms with Crippen molar-refractivity contribution in [3.8, 4) is 5.75 Å². The second-order valence-corrected chi connectivity index (χ2v) is 9.29. The van der Waals surface area contributed by atoms with Crippen molar-refractivity contribution in [2.75, 3.05) is 6.54 Å². The van der Waals surface area contributed by atoms with Crippen molar-refractivity contribution >= 4 is 17.5 Å². The number of rotatable bonds is 9. The zero-order chi connectivity index (χ0) is 25.2. The van der Waals surface area contributed by atoms with Gasteiger partial charge in [0.25, 0.3) is 5.91 Å². The van der Waals surface area contributed by atoms with Crippen molar-refractivity contribution in [2.45, 2.75) is 58.4 Å². The lowest BCUT2D eigenvalue weighted by atomic mass is 10.1. The highest BCUT2D eigenvalue weighted by atomic mass is 35.5. The van der Waals surface area contributed by atoms with E-state index in [0.29, 0.717) is 37.4 Å². The van der Waals surface area contributed by atoms with Crippen molar-refractivity contribution in [3.05, 3.63) is 81.1 Å². The van der Waals surface area contributed by atoms with Gasteiger partial charge in [0.1, 0.15) is 12.4 Å². The quantitative estimate of drug-likeness (QED) is 0.340. The maximum Gasteiger partial charge on any atom is 0.435 e. The lowest BCUT2D eigenvalue weighted by Gasteiger charge is -2.11. The summed E-state index contributed by atoms with van der Waals surface area (Å²) in [7, 11) is 0. The highest BCUT2D eigenvalue weighted by Gasteiger charge is 2.37. The summed E-state index contributed by atoms with van der Waals surface area (Å²) in [6, 6.07) is 12.0. The summed E-state index contributed by atoms with van der Waals surface area (Å²) in [5.41, 5.74) is 3.10. The number of alkyl halides is 3. The SMILES string of the molecule is Cc1cc(OCc2ccc(C(=O)NCCCn3nc(C(F)(F)F)cc3C3CC3)cc2)cc(C)c1Cl. The average molecular weight is 506 g/mol. The molecular weight excluding hydrogens is 479 g/mol. The Morgan fingerprint density at radius 3 is 2.40 bits per heavy atom. The van der Waals surface area contributed by atoms with Crippen LogP contribution >= 0.6 is 11.6 Å². The number of ether oxygens (including phenoxy) is 1. The molecule has 1 N–H and O–H groups in total. The molecule has 0 saturated heterocycles. The molecule has 1 aliphatic carbocycles. The Hall–Kier alpha value is -3.00. The van der Waals surface area contributed by atoms with Crippen LogP contribution in [0.15, 0.2) is 42.5 Å². The first-order valence-corrected chi connectivity index (χ1v) is 11.9. The minimum absolute atomic E-state index is 0.156. The fourth-order valence-electron chi connectivity index (χ4n) is 3.90. The molecule has 35 heavy (non-hydrogen) atoms. The number of hydrogen-bond donors (Lipinski definition) is 1. The summed E-state index contributed by atoms with van der Waals surface area (Å²) < 4.78 is 46.3. The van der Waals surface area contributed by atoms with Crippen molar-refractivity contribution < 1.29 is 22.7 Å². The highest BCUT2D eigenvalue weighted by molar-refractivity contribution is 6.32.